The van der Waals surface area contributed by atoms with Crippen molar-refractivity contribution in [3.63, 3.8) is 0 Å². The van der Waals surface area contributed by atoms with Crippen LogP contribution in [0.1, 0.15) is 16.7 Å². The zero-order valence-corrected chi connectivity index (χ0v) is 21.2. The van der Waals surface area contributed by atoms with Gasteiger partial charge >= 0.3 is 0 Å². The summed E-state index contributed by atoms with van der Waals surface area (Å²) >= 11 is 6.07. The molecule has 37 heavy (non-hydrogen) atoms. The van der Waals surface area contributed by atoms with Gasteiger partial charge in [-0.3, -0.25) is 0 Å². The minimum absolute atomic E-state index is 0.416. The molecule has 0 radical (unpaired) electrons. The van der Waals surface area contributed by atoms with Crippen LogP contribution in [0.25, 0.3) is 16.9 Å². The van der Waals surface area contributed by atoms with Crippen molar-refractivity contribution in [2.45, 2.75) is 13.5 Å². The Hall–Kier alpha value is -4.53. The van der Waals surface area contributed by atoms with Crippen LogP contribution < -0.4 is 9.47 Å². The van der Waals surface area contributed by atoms with Gasteiger partial charge in [-0.2, -0.15) is 5.10 Å². The highest BCUT2D eigenvalue weighted by molar-refractivity contribution is 6.30. The number of ether oxygens (including phenoxy) is 2. The molecule has 4 aromatic carbocycles. The lowest BCUT2D eigenvalue weighted by atomic mass is 10.1. The van der Waals surface area contributed by atoms with Gasteiger partial charge in [-0.25, -0.2) is 9.67 Å². The zero-order chi connectivity index (χ0) is 25.6. The van der Waals surface area contributed by atoms with E-state index in [0.717, 1.165) is 22.5 Å². The van der Waals surface area contributed by atoms with Crippen molar-refractivity contribution in [1.82, 2.24) is 9.78 Å². The Balaban J connectivity index is 1.41. The van der Waals surface area contributed by atoms with Crippen LogP contribution in [-0.4, -0.2) is 23.1 Å². The number of nitrogens with zero attached hydrogens (tertiary/aromatic N) is 3. The van der Waals surface area contributed by atoms with E-state index in [0.29, 0.717) is 34.5 Å². The fourth-order valence-electron chi connectivity index (χ4n) is 3.84. The molecule has 182 valence electrons. The highest BCUT2D eigenvalue weighted by Gasteiger charge is 2.11. The smallest absolute Gasteiger partial charge is 0.213 e. The lowest BCUT2D eigenvalue weighted by Crippen LogP contribution is -1.98. The molecule has 5 rings (SSSR count). The van der Waals surface area contributed by atoms with E-state index in [9.17, 15) is 0 Å². The average Bonchev–Trinajstić information content (AvgIpc) is 3.36. The molecule has 0 bridgehead atoms. The monoisotopic (exact) mass is 505 g/mol. The predicted molar refractivity (Wildman–Crippen MR) is 147 cm³/mol. The standard InChI is InChI=1S/C31H24ClN3O2/c1-22-7-6-8-24(17-22)21-37-29-16-11-23(18-30(29)36-2)20-33-31-19-28(25-12-14-26(32)15-13-25)34-35(31)27-9-4-3-5-10-27/h3-10,12-15,17-20H,21H2,1-2H3. The molecule has 0 amide bonds. The van der Waals surface area contributed by atoms with Gasteiger partial charge in [0.05, 0.1) is 18.5 Å². The maximum Gasteiger partial charge on any atom is 0.213 e. The van der Waals surface area contributed by atoms with Gasteiger partial charge in [-0.15, -0.1) is 0 Å². The summed E-state index contributed by atoms with van der Waals surface area (Å²) in [5.41, 5.74) is 5.61. The van der Waals surface area contributed by atoms with Crippen LogP contribution in [0.3, 0.4) is 0 Å². The summed E-state index contributed by atoms with van der Waals surface area (Å²) in [6.07, 6.45) is 1.71. The number of hydrogen-bond donors (Lipinski definition) is 0. The highest BCUT2D eigenvalue weighted by atomic mass is 35.5. The molecule has 0 aliphatic rings. The number of aliphatic imine (C=N–C) groups is 1. The Morgan fingerprint density at radius 2 is 1.76 bits per heavy atom. The maximum atomic E-state index is 6.07. The third kappa shape index (κ3) is 5.83. The molecule has 0 unspecified atom stereocenters. The summed E-state index contributed by atoms with van der Waals surface area (Å²) in [6, 6.07) is 35.6. The maximum absolute atomic E-state index is 6.07. The molecule has 0 atom stereocenters. The van der Waals surface area contributed by atoms with Gasteiger partial charge in [0.2, 0.25) is 5.75 Å². The lowest BCUT2D eigenvalue weighted by Gasteiger charge is -2.09. The summed E-state index contributed by atoms with van der Waals surface area (Å²) in [4.78, 5) is 4.73. The average molecular weight is 506 g/mol. The topological polar surface area (TPSA) is 48.6 Å². The van der Waals surface area contributed by atoms with Gasteiger partial charge in [-0.1, -0.05) is 77.8 Å². The molecule has 1 heterocycles. The largest absolute Gasteiger partial charge is 0.492 e. The Bertz CT molecular complexity index is 1530. The molecule has 6 heteroatoms. The predicted octanol–water partition coefficient (Wildman–Crippen LogP) is 7.44. The van der Waals surface area contributed by atoms with Crippen LogP contribution in [0.15, 0.2) is 96.0 Å². The second-order valence-electron chi connectivity index (χ2n) is 8.43. The lowest BCUT2D eigenvalue weighted by molar-refractivity contribution is 0.284. The van der Waals surface area contributed by atoms with E-state index >= 15 is 0 Å². The Morgan fingerprint density at radius 1 is 0.946 bits per heavy atom. The van der Waals surface area contributed by atoms with Crippen molar-refractivity contribution in [2.75, 3.05) is 7.11 Å². The van der Waals surface area contributed by atoms with Crippen LogP contribution in [-0.2, 0) is 6.61 Å². The third-order valence-electron chi connectivity index (χ3n) is 5.68. The Labute approximate surface area is 221 Å². The number of rotatable bonds is 8. The molecule has 0 fully saturated rings. The summed E-state index contributed by atoms with van der Waals surface area (Å²) in [6.45, 7) is 2.47. The summed E-state index contributed by atoms with van der Waals surface area (Å²) < 4.78 is 13.3. The fourth-order valence-corrected chi connectivity index (χ4v) is 3.97. The van der Waals surface area contributed by atoms with E-state index in [2.05, 4.69) is 31.2 Å². The normalized spacial score (nSPS) is 10.9. The van der Waals surface area contributed by atoms with Crippen molar-refractivity contribution >= 4 is 23.6 Å². The van der Waals surface area contributed by atoms with E-state index in [1.807, 2.05) is 78.9 Å². The van der Waals surface area contributed by atoms with E-state index < -0.39 is 0 Å². The van der Waals surface area contributed by atoms with Crippen LogP contribution in [0.5, 0.6) is 11.5 Å². The van der Waals surface area contributed by atoms with E-state index in [4.69, 9.17) is 31.2 Å². The van der Waals surface area contributed by atoms with Crippen molar-refractivity contribution in [3.8, 4) is 28.4 Å². The number of aryl methyl sites for hydroxylation is 1. The third-order valence-corrected chi connectivity index (χ3v) is 5.94. The number of para-hydroxylation sites is 1. The molecule has 0 saturated heterocycles. The van der Waals surface area contributed by atoms with Gasteiger partial charge < -0.3 is 9.47 Å². The van der Waals surface area contributed by atoms with E-state index in [-0.39, 0.29) is 0 Å². The molecule has 5 nitrogen and oxygen atoms in total. The SMILES string of the molecule is COc1cc(C=Nc2cc(-c3ccc(Cl)cc3)nn2-c2ccccc2)c#cc1OCc1cccc(C)c1. The fraction of sp³-hybridized carbons (Fsp3) is 0.0968. The van der Waals surface area contributed by atoms with Crippen LogP contribution in [0, 0.1) is 19.1 Å². The van der Waals surface area contributed by atoms with Crippen molar-refractivity contribution in [3.05, 3.63) is 125 Å². The Morgan fingerprint density at radius 3 is 2.51 bits per heavy atom. The van der Waals surface area contributed by atoms with Gasteiger partial charge in [0.1, 0.15) is 6.61 Å². The van der Waals surface area contributed by atoms with Crippen LogP contribution in [0.2, 0.25) is 5.02 Å². The molecule has 5 aromatic rings. The molecular weight excluding hydrogens is 482 g/mol. The Kier molecular flexibility index (Phi) is 7.21. The quantitative estimate of drug-likeness (QED) is 0.206. The van der Waals surface area contributed by atoms with Gasteiger partial charge in [-0.05, 0) is 42.8 Å². The highest BCUT2D eigenvalue weighted by Crippen LogP contribution is 2.29. The van der Waals surface area contributed by atoms with Gasteiger partial charge in [0, 0.05) is 34.5 Å². The number of hydrogen-bond acceptors (Lipinski definition) is 4. The summed E-state index contributed by atoms with van der Waals surface area (Å²) in [5, 5.41) is 5.47. The number of halogens is 1. The van der Waals surface area contributed by atoms with Crippen LogP contribution in [0.4, 0.5) is 5.82 Å². The first-order valence-electron chi connectivity index (χ1n) is 11.7. The van der Waals surface area contributed by atoms with E-state index in [1.54, 1.807) is 18.0 Å². The number of methoxy groups -OCH3 is 1. The molecule has 1 aromatic heterocycles. The first-order valence-corrected chi connectivity index (χ1v) is 12.1. The zero-order valence-electron chi connectivity index (χ0n) is 20.5. The second-order valence-corrected chi connectivity index (χ2v) is 8.86. The summed E-state index contributed by atoms with van der Waals surface area (Å²) in [7, 11) is 1.60. The van der Waals surface area contributed by atoms with E-state index in [1.165, 1.54) is 5.56 Å². The van der Waals surface area contributed by atoms with Crippen molar-refractivity contribution in [1.29, 1.82) is 0 Å². The first kappa shape index (κ1) is 24.2. The number of benzene rings is 3. The molecule has 0 saturated carbocycles. The van der Waals surface area contributed by atoms with Crippen molar-refractivity contribution in [2.24, 2.45) is 4.99 Å². The summed E-state index contributed by atoms with van der Waals surface area (Å²) in [5.74, 6) is 1.73. The second kappa shape index (κ2) is 11.0. The minimum Gasteiger partial charge on any atom is -0.492 e. The number of aromatic nitrogens is 2. The molecule has 0 N–H and O–H groups in total. The van der Waals surface area contributed by atoms with Gasteiger partial charge in [0.15, 0.2) is 11.6 Å². The van der Waals surface area contributed by atoms with Crippen molar-refractivity contribution < 1.29 is 9.47 Å². The first-order chi connectivity index (χ1) is 18.1. The molecule has 0 aliphatic heterocycles. The van der Waals surface area contributed by atoms with Gasteiger partial charge in [0.25, 0.3) is 0 Å². The molecular formula is C31H24ClN3O2. The molecule has 0 aliphatic carbocycles. The molecule has 0 spiro atoms. The minimum atomic E-state index is 0.416. The van der Waals surface area contributed by atoms with Crippen LogP contribution >= 0.6 is 11.6 Å².